The van der Waals surface area contributed by atoms with Crippen molar-refractivity contribution >= 4 is 5.69 Å². The van der Waals surface area contributed by atoms with Gasteiger partial charge in [-0.2, -0.15) is 0 Å². The van der Waals surface area contributed by atoms with E-state index < -0.39 is 0 Å². The monoisotopic (exact) mass is 288 g/mol. The number of non-ortho nitro benzene ring substituents is 1. The highest BCUT2D eigenvalue weighted by Gasteiger charge is 2.18. The van der Waals surface area contributed by atoms with Crippen LogP contribution < -0.4 is 0 Å². The summed E-state index contributed by atoms with van der Waals surface area (Å²) in [4.78, 5) is 10.4. The van der Waals surface area contributed by atoms with Crippen molar-refractivity contribution in [2.45, 2.75) is 0 Å². The molecule has 0 aromatic heterocycles. The van der Waals surface area contributed by atoms with Crippen LogP contribution in [0.1, 0.15) is 16.7 Å². The predicted octanol–water partition coefficient (Wildman–Crippen LogP) is 4.61. The minimum Gasteiger partial charge on any atom is -0.258 e. The Morgan fingerprint density at radius 2 is 1.05 bits per heavy atom. The van der Waals surface area contributed by atoms with E-state index in [9.17, 15) is 10.1 Å². The maximum absolute atomic E-state index is 10.8. The molecule has 0 atom stereocenters. The quantitative estimate of drug-likeness (QED) is 0.399. The van der Waals surface area contributed by atoms with E-state index in [0.29, 0.717) is 0 Å². The molecule has 3 aromatic rings. The summed E-state index contributed by atoms with van der Waals surface area (Å²) in [6.07, 6.45) is 0. The highest BCUT2D eigenvalue weighted by Crippen LogP contribution is 2.31. The number of hydrogen-bond donors (Lipinski definition) is 0. The van der Waals surface area contributed by atoms with E-state index >= 15 is 0 Å². The maximum atomic E-state index is 10.8. The van der Waals surface area contributed by atoms with Crippen LogP contribution in [0.3, 0.4) is 0 Å². The molecule has 0 unspecified atom stereocenters. The largest absolute Gasteiger partial charge is 0.269 e. The van der Waals surface area contributed by atoms with Gasteiger partial charge in [0.25, 0.3) is 5.69 Å². The molecule has 3 nitrogen and oxygen atoms in total. The van der Waals surface area contributed by atoms with E-state index in [-0.39, 0.29) is 10.6 Å². The third-order valence-corrected chi connectivity index (χ3v) is 3.49. The highest BCUT2D eigenvalue weighted by molar-refractivity contribution is 5.58. The van der Waals surface area contributed by atoms with Crippen molar-refractivity contribution in [3.63, 3.8) is 0 Å². The molecule has 0 heterocycles. The minimum absolute atomic E-state index is 0.101. The molecule has 0 aliphatic carbocycles. The SMILES string of the molecule is O=[N+]([O-])c1ccc([C](c2ccccc2)c2ccccc2)cc1. The van der Waals surface area contributed by atoms with Crippen LogP contribution >= 0.6 is 0 Å². The fraction of sp³-hybridized carbons (Fsp3) is 0. The summed E-state index contributed by atoms with van der Waals surface area (Å²) in [6, 6.07) is 26.8. The first kappa shape index (κ1) is 14.0. The smallest absolute Gasteiger partial charge is 0.258 e. The maximum Gasteiger partial charge on any atom is 0.269 e. The van der Waals surface area contributed by atoms with E-state index in [0.717, 1.165) is 22.6 Å². The summed E-state index contributed by atoms with van der Waals surface area (Å²) in [6.45, 7) is 0. The van der Waals surface area contributed by atoms with Crippen LogP contribution in [0.15, 0.2) is 84.9 Å². The van der Waals surface area contributed by atoms with Gasteiger partial charge in [0.2, 0.25) is 0 Å². The predicted molar refractivity (Wildman–Crippen MR) is 86.5 cm³/mol. The van der Waals surface area contributed by atoms with Crippen LogP contribution in [0.25, 0.3) is 0 Å². The zero-order chi connectivity index (χ0) is 15.4. The average molecular weight is 288 g/mol. The van der Waals surface area contributed by atoms with Gasteiger partial charge in [0.15, 0.2) is 0 Å². The molecule has 0 bridgehead atoms. The molecular formula is C19H14NO2. The van der Waals surface area contributed by atoms with Gasteiger partial charge in [-0.1, -0.05) is 72.8 Å². The summed E-state index contributed by atoms with van der Waals surface area (Å²) >= 11 is 0. The molecule has 0 saturated heterocycles. The third-order valence-electron chi connectivity index (χ3n) is 3.49. The minimum atomic E-state index is -0.380. The van der Waals surface area contributed by atoms with Crippen LogP contribution in [-0.2, 0) is 0 Å². The molecule has 0 spiro atoms. The van der Waals surface area contributed by atoms with Gasteiger partial charge in [-0.15, -0.1) is 0 Å². The molecule has 0 aliphatic heterocycles. The summed E-state index contributed by atoms with van der Waals surface area (Å²) < 4.78 is 0. The molecule has 0 aliphatic rings. The Balaban J connectivity index is 2.08. The normalized spacial score (nSPS) is 10.6. The lowest BCUT2D eigenvalue weighted by Crippen LogP contribution is -2.04. The standard InChI is InChI=1S/C19H14NO2/c21-20(22)18-13-11-17(12-14-18)19(15-7-3-1-4-8-15)16-9-5-2-6-10-16/h1-14H. The van der Waals surface area contributed by atoms with Crippen LogP contribution in [0.5, 0.6) is 0 Å². The Morgan fingerprint density at radius 3 is 1.45 bits per heavy atom. The first-order valence-electron chi connectivity index (χ1n) is 6.98. The van der Waals surface area contributed by atoms with Crippen molar-refractivity contribution in [1.29, 1.82) is 0 Å². The molecule has 1 radical (unpaired) electrons. The van der Waals surface area contributed by atoms with Crippen molar-refractivity contribution < 1.29 is 4.92 Å². The molecular weight excluding hydrogens is 274 g/mol. The van der Waals surface area contributed by atoms with Crippen LogP contribution in [-0.4, -0.2) is 4.92 Å². The number of nitrogens with zero attached hydrogens (tertiary/aromatic N) is 1. The van der Waals surface area contributed by atoms with Gasteiger partial charge in [0, 0.05) is 12.1 Å². The fourth-order valence-electron chi connectivity index (χ4n) is 2.46. The number of nitro benzene ring substituents is 1. The Bertz CT molecular complexity index is 713. The summed E-state index contributed by atoms with van der Waals surface area (Å²) in [7, 11) is 0. The van der Waals surface area contributed by atoms with Gasteiger partial charge in [0.1, 0.15) is 0 Å². The van der Waals surface area contributed by atoms with Crippen molar-refractivity contribution in [2.75, 3.05) is 0 Å². The van der Waals surface area contributed by atoms with E-state index in [1.807, 2.05) is 60.7 Å². The molecule has 0 fully saturated rings. The molecule has 3 heteroatoms. The van der Waals surface area contributed by atoms with Crippen molar-refractivity contribution in [3.8, 4) is 0 Å². The number of hydrogen-bond acceptors (Lipinski definition) is 2. The third kappa shape index (κ3) is 2.88. The molecule has 107 valence electrons. The van der Waals surface area contributed by atoms with Gasteiger partial charge >= 0.3 is 0 Å². The zero-order valence-electron chi connectivity index (χ0n) is 11.8. The van der Waals surface area contributed by atoms with Gasteiger partial charge in [0.05, 0.1) is 10.8 Å². The summed E-state index contributed by atoms with van der Waals surface area (Å²) in [5.41, 5.74) is 3.23. The number of benzene rings is 3. The summed E-state index contributed by atoms with van der Waals surface area (Å²) in [5, 5.41) is 10.8. The lowest BCUT2D eigenvalue weighted by Gasteiger charge is -2.17. The van der Waals surface area contributed by atoms with Crippen LogP contribution in [0, 0.1) is 16.0 Å². The molecule has 0 amide bonds. The van der Waals surface area contributed by atoms with Gasteiger partial charge in [-0.05, 0) is 16.7 Å². The second kappa shape index (κ2) is 6.22. The van der Waals surface area contributed by atoms with Crippen molar-refractivity contribution in [1.82, 2.24) is 0 Å². The molecule has 22 heavy (non-hydrogen) atoms. The second-order valence-corrected chi connectivity index (χ2v) is 4.91. The molecule has 0 N–H and O–H groups in total. The average Bonchev–Trinajstić information content (AvgIpc) is 2.57. The second-order valence-electron chi connectivity index (χ2n) is 4.91. The van der Waals surface area contributed by atoms with E-state index in [4.69, 9.17) is 0 Å². The Hall–Kier alpha value is -2.94. The Labute approximate surface area is 129 Å². The van der Waals surface area contributed by atoms with E-state index in [1.165, 1.54) is 0 Å². The zero-order valence-corrected chi connectivity index (χ0v) is 11.8. The van der Waals surface area contributed by atoms with Gasteiger partial charge in [-0.3, -0.25) is 10.1 Å². The Morgan fingerprint density at radius 1 is 0.636 bits per heavy atom. The Kier molecular flexibility index (Phi) is 3.97. The van der Waals surface area contributed by atoms with Crippen LogP contribution in [0.4, 0.5) is 5.69 Å². The first-order chi connectivity index (χ1) is 10.8. The van der Waals surface area contributed by atoms with E-state index in [2.05, 4.69) is 0 Å². The van der Waals surface area contributed by atoms with Gasteiger partial charge in [-0.25, -0.2) is 0 Å². The molecule has 3 rings (SSSR count). The lowest BCUT2D eigenvalue weighted by atomic mass is 9.85. The number of nitro groups is 1. The van der Waals surface area contributed by atoms with Crippen molar-refractivity contribution in [2.24, 2.45) is 0 Å². The van der Waals surface area contributed by atoms with Gasteiger partial charge < -0.3 is 0 Å². The summed E-state index contributed by atoms with van der Waals surface area (Å²) in [5.74, 6) is 1.07. The fourth-order valence-corrected chi connectivity index (χ4v) is 2.46. The molecule has 3 aromatic carbocycles. The lowest BCUT2D eigenvalue weighted by molar-refractivity contribution is -0.384. The number of rotatable bonds is 4. The topological polar surface area (TPSA) is 43.1 Å². The van der Waals surface area contributed by atoms with Crippen molar-refractivity contribution in [3.05, 3.63) is 118 Å². The highest BCUT2D eigenvalue weighted by atomic mass is 16.6. The van der Waals surface area contributed by atoms with Crippen LogP contribution in [0.2, 0.25) is 0 Å². The molecule has 0 saturated carbocycles. The first-order valence-corrected chi connectivity index (χ1v) is 6.98. The van der Waals surface area contributed by atoms with E-state index in [1.54, 1.807) is 24.3 Å².